The standard InChI is InChI=1S/C7H7F3N2/c1-4-3-6(7(8,9)10)12-11-5(4)2/h3H,1-2H3. The molecule has 5 heteroatoms. The molecule has 66 valence electrons. The first-order valence-electron chi connectivity index (χ1n) is 3.29. The maximum atomic E-state index is 12.0. The van der Waals surface area contributed by atoms with Crippen molar-refractivity contribution < 1.29 is 13.2 Å². The summed E-state index contributed by atoms with van der Waals surface area (Å²) in [5, 5.41) is 6.41. The van der Waals surface area contributed by atoms with Crippen molar-refractivity contribution in [3.63, 3.8) is 0 Å². The predicted octanol–water partition coefficient (Wildman–Crippen LogP) is 2.11. The Morgan fingerprint density at radius 3 is 2.17 bits per heavy atom. The molecule has 0 saturated carbocycles. The Kier molecular flexibility index (Phi) is 2.04. The monoisotopic (exact) mass is 176 g/mol. The molecular weight excluding hydrogens is 169 g/mol. The molecular formula is C7H7F3N2. The molecule has 2 nitrogen and oxygen atoms in total. The molecule has 0 amide bonds. The lowest BCUT2D eigenvalue weighted by molar-refractivity contribution is -0.141. The van der Waals surface area contributed by atoms with Crippen molar-refractivity contribution in [2.24, 2.45) is 0 Å². The lowest BCUT2D eigenvalue weighted by atomic mass is 10.2. The molecule has 0 N–H and O–H groups in total. The number of aromatic nitrogens is 2. The van der Waals surface area contributed by atoms with E-state index in [-0.39, 0.29) is 0 Å². The molecule has 0 aromatic carbocycles. The molecule has 12 heavy (non-hydrogen) atoms. The minimum Gasteiger partial charge on any atom is -0.164 e. The van der Waals surface area contributed by atoms with Gasteiger partial charge >= 0.3 is 6.18 Å². The van der Waals surface area contributed by atoms with Gasteiger partial charge in [-0.2, -0.15) is 18.3 Å². The van der Waals surface area contributed by atoms with Crippen LogP contribution in [0.4, 0.5) is 13.2 Å². The number of hydrogen-bond acceptors (Lipinski definition) is 2. The molecule has 1 aromatic rings. The molecule has 0 aliphatic carbocycles. The van der Waals surface area contributed by atoms with E-state index in [9.17, 15) is 13.2 Å². The minimum absolute atomic E-state index is 0.498. The zero-order chi connectivity index (χ0) is 9.35. The molecule has 0 aliphatic heterocycles. The number of aryl methyl sites for hydroxylation is 2. The first kappa shape index (κ1) is 8.96. The maximum Gasteiger partial charge on any atom is 0.435 e. The van der Waals surface area contributed by atoms with E-state index in [0.29, 0.717) is 11.3 Å². The summed E-state index contributed by atoms with van der Waals surface area (Å²) in [7, 11) is 0. The summed E-state index contributed by atoms with van der Waals surface area (Å²) in [6.07, 6.45) is -4.40. The van der Waals surface area contributed by atoms with E-state index >= 15 is 0 Å². The van der Waals surface area contributed by atoms with E-state index in [0.717, 1.165) is 6.07 Å². The molecule has 1 rings (SSSR count). The Balaban J connectivity index is 3.14. The second-order valence-corrected chi connectivity index (χ2v) is 2.50. The highest BCUT2D eigenvalue weighted by molar-refractivity contribution is 5.19. The van der Waals surface area contributed by atoms with Gasteiger partial charge in [-0.05, 0) is 25.5 Å². The molecule has 0 saturated heterocycles. The first-order chi connectivity index (χ1) is 5.41. The summed E-state index contributed by atoms with van der Waals surface area (Å²) < 4.78 is 36.0. The van der Waals surface area contributed by atoms with Gasteiger partial charge in [-0.15, -0.1) is 5.10 Å². The van der Waals surface area contributed by atoms with Crippen LogP contribution in [0.3, 0.4) is 0 Å². The van der Waals surface area contributed by atoms with Crippen molar-refractivity contribution >= 4 is 0 Å². The van der Waals surface area contributed by atoms with Crippen LogP contribution in [0, 0.1) is 13.8 Å². The van der Waals surface area contributed by atoms with Gasteiger partial charge in [0, 0.05) is 0 Å². The van der Waals surface area contributed by atoms with Crippen molar-refractivity contribution in [3.8, 4) is 0 Å². The molecule has 1 aromatic heterocycles. The number of nitrogens with zero attached hydrogens (tertiary/aromatic N) is 2. The summed E-state index contributed by atoms with van der Waals surface area (Å²) in [5.41, 5.74) is 0.0749. The number of halogens is 3. The summed E-state index contributed by atoms with van der Waals surface area (Å²) in [4.78, 5) is 0. The average Bonchev–Trinajstić information content (AvgIpc) is 1.92. The quantitative estimate of drug-likeness (QED) is 0.605. The van der Waals surface area contributed by atoms with Gasteiger partial charge in [0.05, 0.1) is 5.69 Å². The Hall–Kier alpha value is -1.13. The van der Waals surface area contributed by atoms with Gasteiger partial charge in [0.2, 0.25) is 0 Å². The van der Waals surface area contributed by atoms with Gasteiger partial charge in [-0.3, -0.25) is 0 Å². The number of alkyl halides is 3. The van der Waals surface area contributed by atoms with Crippen molar-refractivity contribution in [1.82, 2.24) is 10.2 Å². The molecule has 1 heterocycles. The highest BCUT2D eigenvalue weighted by atomic mass is 19.4. The van der Waals surface area contributed by atoms with Crippen LogP contribution >= 0.6 is 0 Å². The third-order valence-corrected chi connectivity index (χ3v) is 1.52. The van der Waals surface area contributed by atoms with Crippen LogP contribution in [-0.4, -0.2) is 10.2 Å². The minimum atomic E-state index is -4.40. The second-order valence-electron chi connectivity index (χ2n) is 2.50. The summed E-state index contributed by atoms with van der Waals surface area (Å²) in [6.45, 7) is 3.18. The van der Waals surface area contributed by atoms with Gasteiger partial charge in [-0.25, -0.2) is 0 Å². The SMILES string of the molecule is Cc1cc(C(F)(F)F)nnc1C. The molecule has 0 fully saturated rings. The van der Waals surface area contributed by atoms with Gasteiger partial charge in [-0.1, -0.05) is 0 Å². The Morgan fingerprint density at radius 1 is 1.17 bits per heavy atom. The average molecular weight is 176 g/mol. The van der Waals surface area contributed by atoms with Crippen LogP contribution in [0.15, 0.2) is 6.07 Å². The van der Waals surface area contributed by atoms with E-state index < -0.39 is 11.9 Å². The van der Waals surface area contributed by atoms with E-state index in [4.69, 9.17) is 0 Å². The summed E-state index contributed by atoms with van der Waals surface area (Å²) in [5.74, 6) is 0. The Labute approximate surface area is 67.4 Å². The van der Waals surface area contributed by atoms with E-state index in [1.165, 1.54) is 0 Å². The van der Waals surface area contributed by atoms with Crippen LogP contribution < -0.4 is 0 Å². The normalized spacial score (nSPS) is 11.8. The summed E-state index contributed by atoms with van der Waals surface area (Å²) >= 11 is 0. The zero-order valence-corrected chi connectivity index (χ0v) is 6.61. The molecule has 0 spiro atoms. The molecule has 0 bridgehead atoms. The van der Waals surface area contributed by atoms with E-state index in [1.807, 2.05) is 0 Å². The fourth-order valence-corrected chi connectivity index (χ4v) is 0.685. The third-order valence-electron chi connectivity index (χ3n) is 1.52. The predicted molar refractivity (Wildman–Crippen MR) is 36.5 cm³/mol. The summed E-state index contributed by atoms with van der Waals surface area (Å²) in [6, 6.07) is 0.988. The van der Waals surface area contributed by atoms with Crippen LogP contribution in [0.5, 0.6) is 0 Å². The molecule has 0 unspecified atom stereocenters. The zero-order valence-electron chi connectivity index (χ0n) is 6.61. The van der Waals surface area contributed by atoms with Gasteiger partial charge in [0.1, 0.15) is 0 Å². The first-order valence-corrected chi connectivity index (χ1v) is 3.29. The molecule has 0 radical (unpaired) electrons. The van der Waals surface area contributed by atoms with Crippen LogP contribution in [0.1, 0.15) is 17.0 Å². The van der Waals surface area contributed by atoms with Crippen molar-refractivity contribution in [2.75, 3.05) is 0 Å². The van der Waals surface area contributed by atoms with Crippen LogP contribution in [0.25, 0.3) is 0 Å². The third kappa shape index (κ3) is 1.72. The van der Waals surface area contributed by atoms with Gasteiger partial charge in [0.25, 0.3) is 0 Å². The molecule has 0 atom stereocenters. The highest BCUT2D eigenvalue weighted by Crippen LogP contribution is 2.27. The van der Waals surface area contributed by atoms with Crippen LogP contribution in [-0.2, 0) is 6.18 Å². The molecule has 0 aliphatic rings. The fourth-order valence-electron chi connectivity index (χ4n) is 0.685. The number of hydrogen-bond donors (Lipinski definition) is 0. The van der Waals surface area contributed by atoms with Crippen molar-refractivity contribution in [3.05, 3.63) is 23.0 Å². The number of rotatable bonds is 0. The van der Waals surface area contributed by atoms with Crippen molar-refractivity contribution in [1.29, 1.82) is 0 Å². The lowest BCUT2D eigenvalue weighted by Crippen LogP contribution is -2.10. The smallest absolute Gasteiger partial charge is 0.164 e. The lowest BCUT2D eigenvalue weighted by Gasteiger charge is -2.05. The van der Waals surface area contributed by atoms with Crippen LogP contribution in [0.2, 0.25) is 0 Å². The van der Waals surface area contributed by atoms with E-state index in [2.05, 4.69) is 10.2 Å². The maximum absolute atomic E-state index is 12.0. The topological polar surface area (TPSA) is 25.8 Å². The largest absolute Gasteiger partial charge is 0.435 e. The Morgan fingerprint density at radius 2 is 1.75 bits per heavy atom. The Bertz CT molecular complexity index is 293. The van der Waals surface area contributed by atoms with Gasteiger partial charge < -0.3 is 0 Å². The van der Waals surface area contributed by atoms with Crippen molar-refractivity contribution in [2.45, 2.75) is 20.0 Å². The van der Waals surface area contributed by atoms with E-state index in [1.54, 1.807) is 13.8 Å². The highest BCUT2D eigenvalue weighted by Gasteiger charge is 2.33. The second kappa shape index (κ2) is 2.73. The fraction of sp³-hybridized carbons (Fsp3) is 0.429. The van der Waals surface area contributed by atoms with Gasteiger partial charge in [0.15, 0.2) is 5.69 Å².